The van der Waals surface area contributed by atoms with Gasteiger partial charge in [0.2, 0.25) is 16.9 Å². The van der Waals surface area contributed by atoms with Crippen molar-refractivity contribution in [1.82, 2.24) is 20.9 Å². The zero-order valence-electron chi connectivity index (χ0n) is 19.4. The Morgan fingerprint density at radius 1 is 1.00 bits per heavy atom. The van der Waals surface area contributed by atoms with Crippen molar-refractivity contribution in [3.8, 4) is 0 Å². The van der Waals surface area contributed by atoms with Crippen molar-refractivity contribution < 1.29 is 38.7 Å². The van der Waals surface area contributed by atoms with E-state index in [0.717, 1.165) is 16.7 Å². The molecule has 2 atom stereocenters. The summed E-state index contributed by atoms with van der Waals surface area (Å²) in [6.07, 6.45) is 5.19. The minimum atomic E-state index is -1.38. The largest absolute Gasteiger partial charge is 0.481 e. The number of hydrogen-bond acceptors (Lipinski definition) is 8. The van der Waals surface area contributed by atoms with Gasteiger partial charge >= 0.3 is 12.0 Å². The van der Waals surface area contributed by atoms with Crippen LogP contribution < -0.4 is 21.7 Å². The number of carbonyl (C=O) groups excluding carboxylic acids is 6. The van der Waals surface area contributed by atoms with Crippen molar-refractivity contribution in [3.05, 3.63) is 12.2 Å². The fourth-order valence-electron chi connectivity index (χ4n) is 3.22. The molecular formula is C21H31N5O8S. The molecule has 6 N–H and O–H groups in total. The number of amides is 6. The molecule has 6 amide bonds. The average Bonchev–Trinajstić information content (AvgIpc) is 3.11. The van der Waals surface area contributed by atoms with Crippen molar-refractivity contribution in [2.75, 3.05) is 19.3 Å². The summed E-state index contributed by atoms with van der Waals surface area (Å²) in [7, 11) is 0. The van der Waals surface area contributed by atoms with E-state index < -0.39 is 42.3 Å². The van der Waals surface area contributed by atoms with Gasteiger partial charge in [-0.15, -0.1) is 0 Å². The third-order valence-corrected chi connectivity index (χ3v) is 5.67. The molecule has 1 aliphatic rings. The Morgan fingerprint density at radius 2 is 1.66 bits per heavy atom. The van der Waals surface area contributed by atoms with Crippen LogP contribution in [0.1, 0.15) is 44.9 Å². The average molecular weight is 514 g/mol. The number of aliphatic carboxylic acids is 1. The van der Waals surface area contributed by atoms with Crippen LogP contribution in [-0.4, -0.2) is 82.2 Å². The van der Waals surface area contributed by atoms with Gasteiger partial charge in [0, 0.05) is 31.7 Å². The van der Waals surface area contributed by atoms with E-state index in [4.69, 9.17) is 10.8 Å². The Kier molecular flexibility index (Phi) is 13.1. The zero-order valence-corrected chi connectivity index (χ0v) is 20.2. The van der Waals surface area contributed by atoms with Crippen molar-refractivity contribution in [2.45, 2.75) is 57.0 Å². The SMILES string of the molecule is CSC(=O)[C@H](CCCNC(N)=O)NC(=O)[C@H](CC(=O)O)NC(=O)CCCCCN1C(=O)C=CC1=O. The molecule has 13 nitrogen and oxygen atoms in total. The Morgan fingerprint density at radius 3 is 2.23 bits per heavy atom. The Labute approximate surface area is 206 Å². The van der Waals surface area contributed by atoms with Gasteiger partial charge in [-0.2, -0.15) is 0 Å². The number of carboxylic acids is 1. The fourth-order valence-corrected chi connectivity index (χ4v) is 3.68. The molecule has 0 unspecified atom stereocenters. The Bertz CT molecular complexity index is 845. The topological polar surface area (TPSA) is 205 Å². The molecule has 0 spiro atoms. The van der Waals surface area contributed by atoms with Gasteiger partial charge in [-0.05, 0) is 31.9 Å². The van der Waals surface area contributed by atoms with Crippen molar-refractivity contribution in [3.63, 3.8) is 0 Å². The molecule has 0 aliphatic carbocycles. The number of imide groups is 1. The molecular weight excluding hydrogens is 482 g/mol. The molecule has 0 saturated carbocycles. The van der Waals surface area contributed by atoms with Gasteiger partial charge in [0.25, 0.3) is 11.8 Å². The van der Waals surface area contributed by atoms with E-state index in [1.165, 1.54) is 18.4 Å². The van der Waals surface area contributed by atoms with Crippen LogP contribution in [0, 0.1) is 0 Å². The Balaban J connectivity index is 2.53. The molecule has 0 aromatic carbocycles. The predicted octanol–water partition coefficient (Wildman–Crippen LogP) is -0.746. The molecule has 0 bridgehead atoms. The number of rotatable bonds is 16. The van der Waals surface area contributed by atoms with E-state index in [1.807, 2.05) is 0 Å². The van der Waals surface area contributed by atoms with E-state index >= 15 is 0 Å². The fraction of sp³-hybridized carbons (Fsp3) is 0.571. The van der Waals surface area contributed by atoms with Crippen molar-refractivity contribution >= 4 is 52.5 Å². The van der Waals surface area contributed by atoms with Gasteiger partial charge in [0.05, 0.1) is 12.5 Å². The highest BCUT2D eigenvalue weighted by Crippen LogP contribution is 2.10. The predicted molar refractivity (Wildman–Crippen MR) is 126 cm³/mol. The lowest BCUT2D eigenvalue weighted by Crippen LogP contribution is -2.52. The van der Waals surface area contributed by atoms with E-state index in [9.17, 15) is 33.6 Å². The lowest BCUT2D eigenvalue weighted by atomic mass is 10.1. The second-order valence-corrected chi connectivity index (χ2v) is 8.52. The molecule has 1 heterocycles. The second-order valence-electron chi connectivity index (χ2n) is 7.71. The number of carbonyl (C=O) groups is 7. The number of nitrogens with zero attached hydrogens (tertiary/aromatic N) is 1. The van der Waals surface area contributed by atoms with Crippen LogP contribution in [0.5, 0.6) is 0 Å². The molecule has 0 aromatic heterocycles. The molecule has 0 radical (unpaired) electrons. The van der Waals surface area contributed by atoms with Gasteiger partial charge < -0.3 is 26.8 Å². The standard InChI is InChI=1S/C21H31N5O8S/c1-35-20(33)13(6-5-10-23-21(22)34)25-19(32)14(12-18(30)31)24-15(27)7-3-2-4-11-26-16(28)8-9-17(26)29/h8-9,13-14H,2-7,10-12H2,1H3,(H,24,27)(H,25,32)(H,30,31)(H3,22,23,34)/t13-,14-/m0/s1. The lowest BCUT2D eigenvalue weighted by Gasteiger charge is -2.21. The maximum atomic E-state index is 12.7. The van der Waals surface area contributed by atoms with Gasteiger partial charge in [-0.25, -0.2) is 4.79 Å². The number of urea groups is 1. The Hall–Kier alpha value is -3.42. The van der Waals surface area contributed by atoms with Gasteiger partial charge in [-0.3, -0.25) is 33.7 Å². The highest BCUT2D eigenvalue weighted by molar-refractivity contribution is 8.13. The van der Waals surface area contributed by atoms with E-state index in [2.05, 4.69) is 16.0 Å². The molecule has 0 aromatic rings. The summed E-state index contributed by atoms with van der Waals surface area (Å²) in [5, 5.41) is 16.0. The molecule has 1 aliphatic heterocycles. The van der Waals surface area contributed by atoms with Gasteiger partial charge in [0.1, 0.15) is 6.04 Å². The quantitative estimate of drug-likeness (QED) is 0.130. The van der Waals surface area contributed by atoms with Gasteiger partial charge in [0.15, 0.2) is 0 Å². The molecule has 0 saturated heterocycles. The molecule has 194 valence electrons. The molecule has 14 heteroatoms. The third kappa shape index (κ3) is 11.5. The number of carboxylic acid groups (broad SMARTS) is 1. The lowest BCUT2D eigenvalue weighted by molar-refractivity contribution is -0.141. The van der Waals surface area contributed by atoms with Crippen LogP contribution in [0.15, 0.2) is 12.2 Å². The number of nitrogens with two attached hydrogens (primary N) is 1. The number of nitrogens with one attached hydrogen (secondary N) is 3. The van der Waals surface area contributed by atoms with Crippen LogP contribution in [0.25, 0.3) is 0 Å². The summed E-state index contributed by atoms with van der Waals surface area (Å²) in [6.45, 7) is 0.422. The van der Waals surface area contributed by atoms with Crippen LogP contribution in [0.4, 0.5) is 4.79 Å². The molecule has 1 rings (SSSR count). The van der Waals surface area contributed by atoms with E-state index in [-0.39, 0.29) is 42.9 Å². The summed E-state index contributed by atoms with van der Waals surface area (Å²) in [5.74, 6) is -3.41. The van der Waals surface area contributed by atoms with E-state index in [1.54, 1.807) is 0 Å². The first-order chi connectivity index (χ1) is 16.5. The normalized spacial score (nSPS) is 14.4. The first-order valence-corrected chi connectivity index (χ1v) is 12.2. The highest BCUT2D eigenvalue weighted by Gasteiger charge is 2.28. The number of unbranched alkanes of at least 4 members (excludes halogenated alkanes) is 2. The number of thioether (sulfide) groups is 1. The first-order valence-electron chi connectivity index (χ1n) is 11.0. The van der Waals surface area contributed by atoms with Crippen LogP contribution in [-0.2, 0) is 28.8 Å². The summed E-state index contributed by atoms with van der Waals surface area (Å²) in [5.41, 5.74) is 4.98. The second kappa shape index (κ2) is 15.5. The minimum absolute atomic E-state index is 0.00942. The summed E-state index contributed by atoms with van der Waals surface area (Å²) in [4.78, 5) is 83.1. The number of primary amides is 1. The zero-order chi connectivity index (χ0) is 26.4. The minimum Gasteiger partial charge on any atom is -0.481 e. The third-order valence-electron chi connectivity index (χ3n) is 4.99. The van der Waals surface area contributed by atoms with E-state index in [0.29, 0.717) is 25.7 Å². The summed E-state index contributed by atoms with van der Waals surface area (Å²) >= 11 is 0.885. The smallest absolute Gasteiger partial charge is 0.312 e. The van der Waals surface area contributed by atoms with Gasteiger partial charge in [-0.1, -0.05) is 18.2 Å². The van der Waals surface area contributed by atoms with Crippen molar-refractivity contribution in [2.24, 2.45) is 5.73 Å². The molecule has 0 fully saturated rings. The monoisotopic (exact) mass is 513 g/mol. The molecule has 35 heavy (non-hydrogen) atoms. The van der Waals surface area contributed by atoms with Crippen LogP contribution >= 0.6 is 11.8 Å². The number of hydrogen-bond donors (Lipinski definition) is 5. The first kappa shape index (κ1) is 29.6. The van der Waals surface area contributed by atoms with Crippen LogP contribution in [0.3, 0.4) is 0 Å². The maximum Gasteiger partial charge on any atom is 0.312 e. The van der Waals surface area contributed by atoms with Crippen LogP contribution in [0.2, 0.25) is 0 Å². The maximum absolute atomic E-state index is 12.7. The van der Waals surface area contributed by atoms with Crippen molar-refractivity contribution in [1.29, 1.82) is 0 Å². The summed E-state index contributed by atoms with van der Waals surface area (Å²) < 4.78 is 0. The highest BCUT2D eigenvalue weighted by atomic mass is 32.2. The summed E-state index contributed by atoms with van der Waals surface area (Å²) in [6, 6.07) is -3.04.